The van der Waals surface area contributed by atoms with Crippen LogP contribution in [0, 0.1) is 0 Å². The van der Waals surface area contributed by atoms with E-state index in [4.69, 9.17) is 9.47 Å². The van der Waals surface area contributed by atoms with E-state index in [1.807, 2.05) is 25.1 Å². The number of anilines is 1. The van der Waals surface area contributed by atoms with Gasteiger partial charge in [0.05, 0.1) is 20.3 Å². The summed E-state index contributed by atoms with van der Waals surface area (Å²) in [7, 11) is 3.37. The van der Waals surface area contributed by atoms with E-state index in [1.54, 1.807) is 25.5 Å². The summed E-state index contributed by atoms with van der Waals surface area (Å²) in [4.78, 5) is 5.47. The minimum atomic E-state index is 0. The number of rotatable bonds is 6. The summed E-state index contributed by atoms with van der Waals surface area (Å²) < 4.78 is 12.0. The number of hydrogen-bond donors (Lipinski definition) is 2. The van der Waals surface area contributed by atoms with E-state index in [0.29, 0.717) is 30.6 Å². The van der Waals surface area contributed by atoms with Crippen LogP contribution in [0.3, 0.4) is 0 Å². The summed E-state index contributed by atoms with van der Waals surface area (Å²) in [6.07, 6.45) is 0. The van der Waals surface area contributed by atoms with E-state index >= 15 is 0 Å². The number of hydrogen-bond acceptors (Lipinski definition) is 4. The van der Waals surface area contributed by atoms with Crippen molar-refractivity contribution in [2.24, 2.45) is 4.99 Å². The van der Waals surface area contributed by atoms with Crippen LogP contribution in [0.25, 0.3) is 0 Å². The Morgan fingerprint density at radius 1 is 1.29 bits per heavy atom. The van der Waals surface area contributed by atoms with Gasteiger partial charge < -0.3 is 20.1 Å². The highest BCUT2D eigenvalue weighted by Gasteiger charge is 2.07. The Labute approximate surface area is 172 Å². The molecule has 0 saturated carbocycles. The molecule has 8 heteroatoms. The van der Waals surface area contributed by atoms with Gasteiger partial charge in [-0.2, -0.15) is 0 Å². The molecule has 0 saturated heterocycles. The Bertz CT molecular complexity index is 679. The van der Waals surface area contributed by atoms with Crippen molar-refractivity contribution in [2.45, 2.75) is 13.5 Å². The lowest BCUT2D eigenvalue weighted by Gasteiger charge is -2.14. The molecule has 0 aliphatic heterocycles. The monoisotopic (exact) mass is 525 g/mol. The van der Waals surface area contributed by atoms with Crippen molar-refractivity contribution < 1.29 is 9.47 Å². The first-order valence-electron chi connectivity index (χ1n) is 7.17. The molecule has 5 nitrogen and oxygen atoms in total. The van der Waals surface area contributed by atoms with E-state index in [-0.39, 0.29) is 24.0 Å². The van der Waals surface area contributed by atoms with Gasteiger partial charge in [-0.25, -0.2) is 0 Å². The van der Waals surface area contributed by atoms with Crippen molar-refractivity contribution in [3.63, 3.8) is 0 Å². The predicted octanol–water partition coefficient (Wildman–Crippen LogP) is 4.72. The van der Waals surface area contributed by atoms with Gasteiger partial charge in [0.15, 0.2) is 17.5 Å². The number of aliphatic imine (C=N–C) groups is 1. The normalized spacial score (nSPS) is 10.8. The Hall–Kier alpha value is -1.000. The fraction of sp³-hybridized carbons (Fsp3) is 0.312. The third-order valence-electron chi connectivity index (χ3n) is 3.00. The molecule has 0 fully saturated rings. The molecule has 0 unspecified atom stereocenters. The van der Waals surface area contributed by atoms with Crippen LogP contribution in [-0.2, 0) is 6.54 Å². The Kier molecular flexibility index (Phi) is 9.45. The van der Waals surface area contributed by atoms with Crippen LogP contribution in [0.2, 0.25) is 0 Å². The summed E-state index contributed by atoms with van der Waals surface area (Å²) in [5.41, 5.74) is 0.884. The van der Waals surface area contributed by atoms with Crippen molar-refractivity contribution in [2.75, 3.05) is 26.1 Å². The molecule has 0 aliphatic carbocycles. The molecule has 1 aromatic heterocycles. The molecule has 0 spiro atoms. The van der Waals surface area contributed by atoms with Crippen LogP contribution in [0.5, 0.6) is 11.5 Å². The topological polar surface area (TPSA) is 54.9 Å². The van der Waals surface area contributed by atoms with Gasteiger partial charge >= 0.3 is 0 Å². The molecule has 1 aromatic carbocycles. The molecule has 132 valence electrons. The maximum atomic E-state index is 5.59. The fourth-order valence-electron chi connectivity index (χ4n) is 1.96. The molecule has 0 aliphatic rings. The number of halogens is 2. The maximum Gasteiger partial charge on any atom is 0.195 e. The standard InChI is InChI=1S/C16H20BrN3O2S.HI/c1-4-22-15-8-12(5-6-14(15)21-3)20-16(18-2)19-9-13-7-11(17)10-23-13;/h5-8,10H,4,9H2,1-3H3,(H2,18,19,20);1H. The van der Waals surface area contributed by atoms with E-state index < -0.39 is 0 Å². The number of nitrogens with one attached hydrogen (secondary N) is 2. The van der Waals surface area contributed by atoms with Gasteiger partial charge in [0.25, 0.3) is 0 Å². The number of benzene rings is 1. The molecule has 2 rings (SSSR count). The Morgan fingerprint density at radius 2 is 2.08 bits per heavy atom. The van der Waals surface area contributed by atoms with Crippen molar-refractivity contribution in [1.29, 1.82) is 0 Å². The first kappa shape index (κ1) is 21.0. The number of nitrogens with zero attached hydrogens (tertiary/aromatic N) is 1. The van der Waals surface area contributed by atoms with Crippen LogP contribution in [-0.4, -0.2) is 26.7 Å². The van der Waals surface area contributed by atoms with Gasteiger partial charge in [-0.1, -0.05) is 0 Å². The zero-order valence-corrected chi connectivity index (χ0v) is 18.5. The molecule has 1 heterocycles. The number of ether oxygens (including phenoxy) is 2. The minimum Gasteiger partial charge on any atom is -0.493 e. The molecule has 0 atom stereocenters. The fourth-order valence-corrected chi connectivity index (χ4v) is 3.35. The average Bonchev–Trinajstić information content (AvgIpc) is 2.97. The summed E-state index contributed by atoms with van der Waals surface area (Å²) in [5.74, 6) is 2.11. The molecule has 0 amide bonds. The van der Waals surface area contributed by atoms with Crippen LogP contribution >= 0.6 is 51.2 Å². The predicted molar refractivity (Wildman–Crippen MR) is 115 cm³/mol. The van der Waals surface area contributed by atoms with Crippen LogP contribution in [0.1, 0.15) is 11.8 Å². The lowest BCUT2D eigenvalue weighted by atomic mass is 10.2. The first-order chi connectivity index (χ1) is 11.2. The smallest absolute Gasteiger partial charge is 0.195 e. The van der Waals surface area contributed by atoms with E-state index in [9.17, 15) is 0 Å². The summed E-state index contributed by atoms with van der Waals surface area (Å²) in [6.45, 7) is 3.24. The highest BCUT2D eigenvalue weighted by atomic mass is 127. The maximum absolute atomic E-state index is 5.59. The largest absolute Gasteiger partial charge is 0.493 e. The Morgan fingerprint density at radius 3 is 2.67 bits per heavy atom. The highest BCUT2D eigenvalue weighted by molar-refractivity contribution is 14.0. The van der Waals surface area contributed by atoms with Gasteiger partial charge in [0.1, 0.15) is 0 Å². The van der Waals surface area contributed by atoms with Gasteiger partial charge in [0.2, 0.25) is 0 Å². The number of thiophene rings is 1. The summed E-state index contributed by atoms with van der Waals surface area (Å²) >= 11 is 5.15. The summed E-state index contributed by atoms with van der Waals surface area (Å²) in [5, 5.41) is 8.60. The molecular weight excluding hydrogens is 505 g/mol. The second kappa shape index (κ2) is 10.8. The molecule has 2 N–H and O–H groups in total. The van der Waals surface area contributed by atoms with Crippen molar-refractivity contribution in [1.82, 2.24) is 5.32 Å². The molecule has 0 bridgehead atoms. The highest BCUT2D eigenvalue weighted by Crippen LogP contribution is 2.30. The molecule has 2 aromatic rings. The van der Waals surface area contributed by atoms with Crippen molar-refractivity contribution in [3.05, 3.63) is 39.0 Å². The molecule has 24 heavy (non-hydrogen) atoms. The van der Waals surface area contributed by atoms with Gasteiger partial charge in [-0.05, 0) is 41.1 Å². The summed E-state index contributed by atoms with van der Waals surface area (Å²) in [6, 6.07) is 7.79. The van der Waals surface area contributed by atoms with Gasteiger partial charge in [-0.15, -0.1) is 35.3 Å². The second-order valence-corrected chi connectivity index (χ2v) is 6.49. The number of guanidine groups is 1. The van der Waals surface area contributed by atoms with Crippen molar-refractivity contribution in [3.8, 4) is 11.5 Å². The zero-order valence-electron chi connectivity index (χ0n) is 13.8. The van der Waals surface area contributed by atoms with Crippen LogP contribution in [0.15, 0.2) is 39.1 Å². The Balaban J connectivity index is 0.00000288. The van der Waals surface area contributed by atoms with Crippen molar-refractivity contribution >= 4 is 62.9 Å². The van der Waals surface area contributed by atoms with Crippen LogP contribution < -0.4 is 20.1 Å². The van der Waals surface area contributed by atoms with Crippen LogP contribution in [0.4, 0.5) is 5.69 Å². The third-order valence-corrected chi connectivity index (χ3v) is 4.70. The molecular formula is C16H21BrIN3O2S. The van der Waals surface area contributed by atoms with E-state index in [0.717, 1.165) is 10.2 Å². The lowest BCUT2D eigenvalue weighted by Crippen LogP contribution is -2.29. The van der Waals surface area contributed by atoms with Gasteiger partial charge in [-0.3, -0.25) is 4.99 Å². The number of methoxy groups -OCH3 is 1. The minimum absolute atomic E-state index is 0. The van der Waals surface area contributed by atoms with Gasteiger partial charge in [0, 0.05) is 33.5 Å². The quantitative estimate of drug-likeness (QED) is 0.325. The lowest BCUT2D eigenvalue weighted by molar-refractivity contribution is 0.311. The second-order valence-electron chi connectivity index (χ2n) is 4.58. The van der Waals surface area contributed by atoms with E-state index in [2.05, 4.69) is 43.0 Å². The first-order valence-corrected chi connectivity index (χ1v) is 8.85. The SMILES string of the molecule is CCOc1cc(NC(=NC)NCc2cc(Br)cs2)ccc1OC.I. The van der Waals surface area contributed by atoms with E-state index in [1.165, 1.54) is 4.88 Å². The zero-order chi connectivity index (χ0) is 16.7. The third kappa shape index (κ3) is 6.14. The average molecular weight is 526 g/mol. The molecule has 0 radical (unpaired) electrons.